The summed E-state index contributed by atoms with van der Waals surface area (Å²) in [6.45, 7) is 2.58. The van der Waals surface area contributed by atoms with Crippen molar-refractivity contribution in [2.45, 2.75) is 44.6 Å². The minimum Gasteiger partial charge on any atom is -0.481 e. The van der Waals surface area contributed by atoms with Gasteiger partial charge in [0.1, 0.15) is 0 Å². The molecule has 0 bridgehead atoms. The van der Waals surface area contributed by atoms with Crippen molar-refractivity contribution in [1.29, 1.82) is 0 Å². The molecule has 0 radical (unpaired) electrons. The van der Waals surface area contributed by atoms with Crippen LogP contribution in [0.5, 0.6) is 0 Å². The van der Waals surface area contributed by atoms with Crippen LogP contribution in [0.25, 0.3) is 0 Å². The SMILES string of the molecule is O=C(O)C1CCCC1CNC1CCCOCC1. The van der Waals surface area contributed by atoms with Crippen molar-refractivity contribution >= 4 is 5.97 Å². The van der Waals surface area contributed by atoms with E-state index in [1.807, 2.05) is 0 Å². The summed E-state index contributed by atoms with van der Waals surface area (Å²) in [6, 6.07) is 0.521. The number of hydrogen-bond acceptors (Lipinski definition) is 3. The van der Waals surface area contributed by atoms with E-state index in [1.165, 1.54) is 0 Å². The van der Waals surface area contributed by atoms with Crippen molar-refractivity contribution in [3.63, 3.8) is 0 Å². The topological polar surface area (TPSA) is 58.6 Å². The van der Waals surface area contributed by atoms with Gasteiger partial charge in [-0.25, -0.2) is 0 Å². The molecule has 17 heavy (non-hydrogen) atoms. The minimum atomic E-state index is -0.613. The second kappa shape index (κ2) is 6.36. The van der Waals surface area contributed by atoms with Crippen molar-refractivity contribution in [2.75, 3.05) is 19.8 Å². The van der Waals surface area contributed by atoms with Gasteiger partial charge in [-0.3, -0.25) is 4.79 Å². The predicted molar refractivity (Wildman–Crippen MR) is 64.9 cm³/mol. The molecule has 2 aliphatic rings. The zero-order valence-corrected chi connectivity index (χ0v) is 10.4. The van der Waals surface area contributed by atoms with E-state index in [2.05, 4.69) is 5.32 Å². The summed E-state index contributed by atoms with van der Waals surface area (Å²) in [6.07, 6.45) is 6.32. The van der Waals surface area contributed by atoms with Crippen LogP contribution in [0, 0.1) is 11.8 Å². The Labute approximate surface area is 103 Å². The molecule has 1 aliphatic heterocycles. The molecule has 0 aromatic rings. The van der Waals surface area contributed by atoms with Gasteiger partial charge < -0.3 is 15.2 Å². The Bertz CT molecular complexity index is 249. The fraction of sp³-hybridized carbons (Fsp3) is 0.923. The van der Waals surface area contributed by atoms with E-state index < -0.39 is 5.97 Å². The lowest BCUT2D eigenvalue weighted by atomic mass is 9.95. The third-order valence-corrected chi connectivity index (χ3v) is 4.10. The Hall–Kier alpha value is -0.610. The maximum atomic E-state index is 11.1. The van der Waals surface area contributed by atoms with Crippen LogP contribution < -0.4 is 5.32 Å². The highest BCUT2D eigenvalue weighted by atomic mass is 16.5. The Balaban J connectivity index is 1.74. The minimum absolute atomic E-state index is 0.121. The molecule has 4 heteroatoms. The van der Waals surface area contributed by atoms with E-state index in [1.54, 1.807) is 0 Å². The van der Waals surface area contributed by atoms with E-state index in [4.69, 9.17) is 9.84 Å². The Kier molecular flexibility index (Phi) is 4.80. The molecule has 3 atom stereocenters. The zero-order chi connectivity index (χ0) is 12.1. The van der Waals surface area contributed by atoms with Gasteiger partial charge in [-0.05, 0) is 44.6 Å². The standard InChI is InChI=1S/C13H23NO3/c15-13(16)12-5-1-3-10(12)9-14-11-4-2-7-17-8-6-11/h10-12,14H,1-9H2,(H,15,16). The summed E-state index contributed by atoms with van der Waals surface area (Å²) in [4.78, 5) is 11.1. The van der Waals surface area contributed by atoms with Crippen molar-refractivity contribution in [3.05, 3.63) is 0 Å². The quantitative estimate of drug-likeness (QED) is 0.785. The Morgan fingerprint density at radius 1 is 1.18 bits per heavy atom. The van der Waals surface area contributed by atoms with Crippen LogP contribution in [0.3, 0.4) is 0 Å². The molecule has 4 nitrogen and oxygen atoms in total. The summed E-state index contributed by atoms with van der Waals surface area (Å²) in [5.41, 5.74) is 0. The monoisotopic (exact) mass is 241 g/mol. The van der Waals surface area contributed by atoms with Gasteiger partial charge in [0, 0.05) is 19.3 Å². The van der Waals surface area contributed by atoms with Crippen molar-refractivity contribution in [3.8, 4) is 0 Å². The molecule has 1 saturated heterocycles. The highest BCUT2D eigenvalue weighted by molar-refractivity contribution is 5.70. The lowest BCUT2D eigenvalue weighted by Crippen LogP contribution is -2.36. The fourth-order valence-electron chi connectivity index (χ4n) is 3.03. The van der Waals surface area contributed by atoms with Gasteiger partial charge in [0.25, 0.3) is 0 Å². The van der Waals surface area contributed by atoms with Crippen LogP contribution in [0.4, 0.5) is 0 Å². The lowest BCUT2D eigenvalue weighted by Gasteiger charge is -2.21. The first-order valence-corrected chi connectivity index (χ1v) is 6.81. The first-order chi connectivity index (χ1) is 8.27. The number of carboxylic acids is 1. The molecule has 98 valence electrons. The number of carbonyl (C=O) groups is 1. The average Bonchev–Trinajstić information content (AvgIpc) is 2.63. The van der Waals surface area contributed by atoms with Gasteiger partial charge in [-0.15, -0.1) is 0 Å². The van der Waals surface area contributed by atoms with Crippen LogP contribution in [-0.2, 0) is 9.53 Å². The van der Waals surface area contributed by atoms with Crippen LogP contribution in [-0.4, -0.2) is 36.9 Å². The van der Waals surface area contributed by atoms with E-state index in [9.17, 15) is 4.79 Å². The molecule has 3 unspecified atom stereocenters. The van der Waals surface area contributed by atoms with Crippen molar-refractivity contribution < 1.29 is 14.6 Å². The van der Waals surface area contributed by atoms with E-state index in [-0.39, 0.29) is 5.92 Å². The second-order valence-corrected chi connectivity index (χ2v) is 5.28. The normalized spacial score (nSPS) is 34.5. The molecule has 0 amide bonds. The number of rotatable bonds is 4. The van der Waals surface area contributed by atoms with Crippen molar-refractivity contribution in [2.24, 2.45) is 11.8 Å². The smallest absolute Gasteiger partial charge is 0.306 e. The highest BCUT2D eigenvalue weighted by Crippen LogP contribution is 2.31. The highest BCUT2D eigenvalue weighted by Gasteiger charge is 2.32. The molecule has 0 aromatic carbocycles. The molecular weight excluding hydrogens is 218 g/mol. The number of aliphatic carboxylic acids is 1. The van der Waals surface area contributed by atoms with E-state index in [0.29, 0.717) is 12.0 Å². The average molecular weight is 241 g/mol. The van der Waals surface area contributed by atoms with E-state index >= 15 is 0 Å². The van der Waals surface area contributed by atoms with Gasteiger partial charge in [0.15, 0.2) is 0 Å². The van der Waals surface area contributed by atoms with Gasteiger partial charge in [-0.2, -0.15) is 0 Å². The number of carboxylic acid groups (broad SMARTS) is 1. The summed E-state index contributed by atoms with van der Waals surface area (Å²) < 4.78 is 5.42. The number of hydrogen-bond donors (Lipinski definition) is 2. The van der Waals surface area contributed by atoms with Gasteiger partial charge >= 0.3 is 5.97 Å². The summed E-state index contributed by atoms with van der Waals surface area (Å²) in [7, 11) is 0. The summed E-state index contributed by atoms with van der Waals surface area (Å²) in [5, 5.41) is 12.7. The molecule has 0 aromatic heterocycles. The first-order valence-electron chi connectivity index (χ1n) is 6.81. The largest absolute Gasteiger partial charge is 0.481 e. The maximum Gasteiger partial charge on any atom is 0.306 e. The van der Waals surface area contributed by atoms with Gasteiger partial charge in [0.2, 0.25) is 0 Å². The first kappa shape index (κ1) is 12.8. The lowest BCUT2D eigenvalue weighted by molar-refractivity contribution is -0.142. The van der Waals surface area contributed by atoms with Crippen LogP contribution in [0.1, 0.15) is 38.5 Å². The van der Waals surface area contributed by atoms with Crippen LogP contribution in [0.15, 0.2) is 0 Å². The Morgan fingerprint density at radius 2 is 2.06 bits per heavy atom. The molecule has 2 rings (SSSR count). The molecule has 2 fully saturated rings. The predicted octanol–water partition coefficient (Wildman–Crippen LogP) is 1.65. The zero-order valence-electron chi connectivity index (χ0n) is 10.4. The number of ether oxygens (including phenoxy) is 1. The molecule has 1 saturated carbocycles. The molecule has 1 aliphatic carbocycles. The number of nitrogens with one attached hydrogen (secondary N) is 1. The third-order valence-electron chi connectivity index (χ3n) is 4.10. The van der Waals surface area contributed by atoms with Gasteiger partial charge in [0.05, 0.1) is 5.92 Å². The molecule has 2 N–H and O–H groups in total. The molecular formula is C13H23NO3. The van der Waals surface area contributed by atoms with Crippen molar-refractivity contribution in [1.82, 2.24) is 5.32 Å². The molecule has 1 heterocycles. The summed E-state index contributed by atoms with van der Waals surface area (Å²) >= 11 is 0. The molecule has 0 spiro atoms. The van der Waals surface area contributed by atoms with Crippen LogP contribution >= 0.6 is 0 Å². The van der Waals surface area contributed by atoms with Gasteiger partial charge in [-0.1, -0.05) is 6.42 Å². The van der Waals surface area contributed by atoms with E-state index in [0.717, 1.165) is 58.3 Å². The van der Waals surface area contributed by atoms with Crippen LogP contribution in [0.2, 0.25) is 0 Å². The third kappa shape index (κ3) is 3.68. The second-order valence-electron chi connectivity index (χ2n) is 5.28. The maximum absolute atomic E-state index is 11.1. The Morgan fingerprint density at radius 3 is 2.88 bits per heavy atom. The fourth-order valence-corrected chi connectivity index (χ4v) is 3.03. The summed E-state index contributed by atoms with van der Waals surface area (Å²) in [5.74, 6) is -0.403.